The van der Waals surface area contributed by atoms with Crippen LogP contribution < -0.4 is 10.4 Å². The van der Waals surface area contributed by atoms with Gasteiger partial charge in [0.15, 0.2) is 0 Å². The molecule has 0 spiro atoms. The average Bonchev–Trinajstić information content (AvgIpc) is 2.61. The van der Waals surface area contributed by atoms with Crippen LogP contribution in [0.5, 0.6) is 0 Å². The summed E-state index contributed by atoms with van der Waals surface area (Å²) >= 11 is 0. The second-order valence-electron chi connectivity index (χ2n) is 7.56. The molecule has 3 fully saturated rings. The van der Waals surface area contributed by atoms with Crippen molar-refractivity contribution in [3.8, 4) is 0 Å². The molecule has 0 aromatic heterocycles. The van der Waals surface area contributed by atoms with Crippen molar-refractivity contribution < 1.29 is 4.74 Å². The van der Waals surface area contributed by atoms with Crippen LogP contribution >= 0.6 is 0 Å². The maximum absolute atomic E-state index is 5.82. The highest BCUT2D eigenvalue weighted by Gasteiger charge is 2.40. The van der Waals surface area contributed by atoms with Crippen LogP contribution in [0.25, 0.3) is 0 Å². The van der Waals surface area contributed by atoms with Gasteiger partial charge in [-0.3, -0.25) is 0 Å². The van der Waals surface area contributed by atoms with Crippen molar-refractivity contribution in [2.75, 3.05) is 0 Å². The quantitative estimate of drug-likeness (QED) is 0.760. The van der Waals surface area contributed by atoms with Crippen LogP contribution in [0.1, 0.15) is 25.7 Å². The summed E-state index contributed by atoms with van der Waals surface area (Å²) in [6.45, 7) is 2.55. The molecule has 2 aromatic rings. The van der Waals surface area contributed by atoms with Crippen molar-refractivity contribution in [2.45, 2.75) is 50.5 Å². The van der Waals surface area contributed by atoms with Gasteiger partial charge in [0.1, 0.15) is 8.07 Å². The minimum absolute atomic E-state index is 0.583. The Morgan fingerprint density at radius 3 is 1.78 bits per heavy atom. The van der Waals surface area contributed by atoms with Crippen LogP contribution in [0.2, 0.25) is 12.6 Å². The first kappa shape index (κ1) is 15.2. The molecule has 3 aliphatic rings. The van der Waals surface area contributed by atoms with Crippen LogP contribution in [0.15, 0.2) is 60.7 Å². The van der Waals surface area contributed by atoms with E-state index in [1.165, 1.54) is 31.7 Å². The zero-order valence-corrected chi connectivity index (χ0v) is 14.9. The van der Waals surface area contributed by atoms with Gasteiger partial charge in [-0.2, -0.15) is 0 Å². The van der Waals surface area contributed by atoms with Gasteiger partial charge in [-0.25, -0.2) is 0 Å². The maximum Gasteiger partial charge on any atom is 0.115 e. The molecule has 2 aromatic carbocycles. The number of benzene rings is 2. The summed E-state index contributed by atoms with van der Waals surface area (Å²) in [5.74, 6) is 0.881. The number of rotatable bonds is 5. The summed E-state index contributed by atoms with van der Waals surface area (Å²) in [4.78, 5) is 0. The summed E-state index contributed by atoms with van der Waals surface area (Å²) < 4.78 is 5.82. The number of hydrogen-bond donors (Lipinski definition) is 0. The molecule has 1 nitrogen and oxygen atoms in total. The number of hydrogen-bond acceptors (Lipinski definition) is 1. The van der Waals surface area contributed by atoms with Gasteiger partial charge < -0.3 is 4.74 Å². The van der Waals surface area contributed by atoms with E-state index in [0.717, 1.165) is 5.92 Å². The first-order chi connectivity index (χ1) is 11.2. The van der Waals surface area contributed by atoms with Gasteiger partial charge in [0, 0.05) is 0 Å². The van der Waals surface area contributed by atoms with Crippen LogP contribution in [-0.2, 0) is 4.74 Å². The highest BCUT2D eigenvalue weighted by molar-refractivity contribution is 7.01. The largest absolute Gasteiger partial charge is 0.375 e. The van der Waals surface area contributed by atoms with Crippen molar-refractivity contribution in [3.05, 3.63) is 60.7 Å². The molecule has 2 atom stereocenters. The Labute approximate surface area is 140 Å². The van der Waals surface area contributed by atoms with Crippen LogP contribution in [-0.4, -0.2) is 20.3 Å². The normalized spacial score (nSPS) is 26.6. The van der Waals surface area contributed by atoms with Crippen LogP contribution in [0.3, 0.4) is 0 Å². The molecule has 2 unspecified atom stereocenters. The number of ether oxygens (including phenoxy) is 1. The topological polar surface area (TPSA) is 9.23 Å². The van der Waals surface area contributed by atoms with Crippen molar-refractivity contribution in [1.29, 1.82) is 0 Å². The third-order valence-electron chi connectivity index (χ3n) is 5.98. The first-order valence-corrected chi connectivity index (χ1v) is 11.7. The van der Waals surface area contributed by atoms with E-state index in [4.69, 9.17) is 4.74 Å². The number of fused-ring (bicyclic) bond motifs is 2. The van der Waals surface area contributed by atoms with E-state index in [1.807, 2.05) is 0 Å². The van der Waals surface area contributed by atoms with E-state index in [9.17, 15) is 0 Å². The summed E-state index contributed by atoms with van der Waals surface area (Å²) in [6, 6.07) is 23.8. The molecular weight excluding hydrogens is 296 g/mol. The Hall–Kier alpha value is -1.38. The second kappa shape index (κ2) is 6.25. The van der Waals surface area contributed by atoms with Gasteiger partial charge in [0.2, 0.25) is 0 Å². The standard InChI is InChI=1S/C21H26OSi/c1-23(20-8-4-2-5-9-20,21-10-6-3-7-11-21)13-12-17-14-18-16-19(15-17)22-18/h2-11,17-19H,12-16H2,1H3. The minimum atomic E-state index is -1.63. The molecule has 2 heterocycles. The molecule has 120 valence electrons. The summed E-state index contributed by atoms with van der Waals surface area (Å²) in [5.41, 5.74) is 0. The van der Waals surface area contributed by atoms with Gasteiger partial charge in [0.25, 0.3) is 0 Å². The Balaban J connectivity index is 1.55. The predicted molar refractivity (Wildman–Crippen MR) is 99.2 cm³/mol. The van der Waals surface area contributed by atoms with Gasteiger partial charge in [-0.15, -0.1) is 0 Å². The molecule has 1 saturated carbocycles. The smallest absolute Gasteiger partial charge is 0.115 e. The fraction of sp³-hybridized carbons (Fsp3) is 0.429. The van der Waals surface area contributed by atoms with Gasteiger partial charge in [-0.1, -0.05) is 84.0 Å². The second-order valence-corrected chi connectivity index (χ2v) is 11.9. The van der Waals surface area contributed by atoms with E-state index >= 15 is 0 Å². The molecule has 23 heavy (non-hydrogen) atoms. The minimum Gasteiger partial charge on any atom is -0.375 e. The Morgan fingerprint density at radius 1 is 0.826 bits per heavy atom. The van der Waals surface area contributed by atoms with Gasteiger partial charge in [-0.05, 0) is 31.2 Å². The molecule has 1 aliphatic carbocycles. The molecular formula is C21H26OSi. The predicted octanol–water partition coefficient (Wildman–Crippen LogP) is 3.84. The zero-order valence-electron chi connectivity index (χ0n) is 13.9. The third-order valence-corrected chi connectivity index (χ3v) is 10.5. The Morgan fingerprint density at radius 2 is 1.30 bits per heavy atom. The van der Waals surface area contributed by atoms with Crippen molar-refractivity contribution in [2.24, 2.45) is 5.92 Å². The van der Waals surface area contributed by atoms with Crippen molar-refractivity contribution in [1.82, 2.24) is 0 Å². The molecule has 2 aliphatic heterocycles. The fourth-order valence-corrected chi connectivity index (χ4v) is 8.25. The molecule has 0 N–H and O–H groups in total. The molecule has 2 bridgehead atoms. The lowest BCUT2D eigenvalue weighted by Gasteiger charge is -2.46. The van der Waals surface area contributed by atoms with Crippen LogP contribution in [0, 0.1) is 5.92 Å². The maximum atomic E-state index is 5.82. The van der Waals surface area contributed by atoms with Crippen molar-refractivity contribution in [3.63, 3.8) is 0 Å². The van der Waals surface area contributed by atoms with Crippen LogP contribution in [0.4, 0.5) is 0 Å². The van der Waals surface area contributed by atoms with E-state index in [-0.39, 0.29) is 0 Å². The van der Waals surface area contributed by atoms with Gasteiger partial charge in [0.05, 0.1) is 12.2 Å². The van der Waals surface area contributed by atoms with E-state index in [1.54, 1.807) is 10.4 Å². The third kappa shape index (κ3) is 3.02. The monoisotopic (exact) mass is 322 g/mol. The SMILES string of the molecule is C[Si](CCC1CC2CC(C1)O2)(c1ccccc1)c1ccccc1. The lowest BCUT2D eigenvalue weighted by Crippen LogP contribution is -2.56. The first-order valence-electron chi connectivity index (χ1n) is 9.00. The summed E-state index contributed by atoms with van der Waals surface area (Å²) in [5, 5.41) is 3.15. The van der Waals surface area contributed by atoms with E-state index < -0.39 is 8.07 Å². The molecule has 2 saturated heterocycles. The van der Waals surface area contributed by atoms with E-state index in [2.05, 4.69) is 67.2 Å². The molecule has 5 rings (SSSR count). The molecule has 0 radical (unpaired) electrons. The average molecular weight is 323 g/mol. The molecule has 0 amide bonds. The fourth-order valence-electron chi connectivity index (χ4n) is 4.49. The lowest BCUT2D eigenvalue weighted by molar-refractivity contribution is -0.173. The summed E-state index contributed by atoms with van der Waals surface area (Å²) in [7, 11) is -1.63. The zero-order chi connectivity index (χ0) is 15.7. The highest BCUT2D eigenvalue weighted by Crippen LogP contribution is 2.40. The lowest BCUT2D eigenvalue weighted by atomic mass is 9.79. The van der Waals surface area contributed by atoms with Crippen molar-refractivity contribution >= 4 is 18.4 Å². The van der Waals surface area contributed by atoms with Gasteiger partial charge >= 0.3 is 0 Å². The molecule has 2 heteroatoms. The Bertz CT molecular complexity index is 584. The van der Waals surface area contributed by atoms with E-state index in [0.29, 0.717) is 12.2 Å². The Kier molecular flexibility index (Phi) is 4.12. The highest BCUT2D eigenvalue weighted by atomic mass is 28.3. The summed E-state index contributed by atoms with van der Waals surface area (Å²) in [6.07, 6.45) is 6.45.